The van der Waals surface area contributed by atoms with Crippen molar-refractivity contribution >= 4 is 11.9 Å². The summed E-state index contributed by atoms with van der Waals surface area (Å²) in [5.41, 5.74) is 1.11. The predicted octanol–water partition coefficient (Wildman–Crippen LogP) is 3.46. The van der Waals surface area contributed by atoms with E-state index in [9.17, 15) is 14.3 Å². The predicted molar refractivity (Wildman–Crippen MR) is 115 cm³/mol. The highest BCUT2D eigenvalue weighted by atomic mass is 19.1. The minimum Gasteiger partial charge on any atom is -0.493 e. The van der Waals surface area contributed by atoms with Crippen LogP contribution in [0.3, 0.4) is 0 Å². The minimum absolute atomic E-state index is 0.114. The van der Waals surface area contributed by atoms with Crippen molar-refractivity contribution in [3.05, 3.63) is 94.8 Å². The summed E-state index contributed by atoms with van der Waals surface area (Å²) in [7, 11) is 0. The third-order valence-electron chi connectivity index (χ3n) is 4.68. The van der Waals surface area contributed by atoms with Gasteiger partial charge in [-0.15, -0.1) is 0 Å². The van der Waals surface area contributed by atoms with Gasteiger partial charge in [0.2, 0.25) is 11.3 Å². The zero-order valence-corrected chi connectivity index (χ0v) is 16.3. The molecule has 2 aromatic carbocycles. The highest BCUT2D eigenvalue weighted by Gasteiger charge is 2.18. The third-order valence-corrected chi connectivity index (χ3v) is 4.68. The monoisotopic (exact) mass is 418 g/mol. The summed E-state index contributed by atoms with van der Waals surface area (Å²) in [6.45, 7) is 0. The summed E-state index contributed by atoms with van der Waals surface area (Å²) >= 11 is 0. The lowest BCUT2D eigenvalue weighted by Gasteiger charge is -2.18. The molecule has 156 valence electrons. The van der Waals surface area contributed by atoms with Gasteiger partial charge in [-0.3, -0.25) is 4.79 Å². The van der Waals surface area contributed by atoms with Crippen molar-refractivity contribution in [1.82, 2.24) is 19.6 Å². The highest BCUT2D eigenvalue weighted by molar-refractivity contribution is 5.57. The highest BCUT2D eigenvalue weighted by Crippen LogP contribution is 2.22. The summed E-state index contributed by atoms with van der Waals surface area (Å²) in [4.78, 5) is 12.5. The zero-order valence-electron chi connectivity index (χ0n) is 16.3. The van der Waals surface area contributed by atoms with Crippen LogP contribution in [0.1, 0.15) is 18.2 Å². The Balaban J connectivity index is 1.71. The molecule has 0 radical (unpaired) electrons. The molecule has 0 aliphatic carbocycles. The largest absolute Gasteiger partial charge is 0.493 e. The van der Waals surface area contributed by atoms with Crippen LogP contribution in [0, 0.1) is 11.2 Å². The molecule has 0 aliphatic rings. The van der Waals surface area contributed by atoms with E-state index in [4.69, 9.17) is 5.41 Å². The van der Waals surface area contributed by atoms with Crippen molar-refractivity contribution in [3.63, 3.8) is 0 Å². The molecule has 0 aliphatic heterocycles. The lowest BCUT2D eigenvalue weighted by molar-refractivity contribution is 0.433. The van der Waals surface area contributed by atoms with Crippen molar-refractivity contribution < 1.29 is 9.50 Å². The fourth-order valence-electron chi connectivity index (χ4n) is 3.20. The fourth-order valence-corrected chi connectivity index (χ4v) is 3.20. The lowest BCUT2D eigenvalue weighted by Crippen LogP contribution is -2.24. The van der Waals surface area contributed by atoms with Gasteiger partial charge in [-0.1, -0.05) is 18.2 Å². The van der Waals surface area contributed by atoms with E-state index in [1.807, 2.05) is 30.3 Å². The van der Waals surface area contributed by atoms with Gasteiger partial charge in [0.25, 0.3) is 0 Å². The number of nitrogens with one attached hydrogen (secondary N) is 2. The molecule has 0 amide bonds. The summed E-state index contributed by atoms with van der Waals surface area (Å²) < 4.78 is 17.3. The maximum atomic E-state index is 14.9. The molecule has 8 nitrogen and oxygen atoms in total. The smallest absolute Gasteiger partial charge is 0.214 e. The summed E-state index contributed by atoms with van der Waals surface area (Å²) in [6.07, 6.45) is 4.23. The van der Waals surface area contributed by atoms with Crippen LogP contribution < -0.4 is 10.7 Å². The Kier molecular flexibility index (Phi) is 5.57. The van der Waals surface area contributed by atoms with Gasteiger partial charge < -0.3 is 15.8 Å². The van der Waals surface area contributed by atoms with Crippen LogP contribution in [0.5, 0.6) is 5.88 Å². The molecule has 0 fully saturated rings. The first-order valence-corrected chi connectivity index (χ1v) is 9.50. The van der Waals surface area contributed by atoms with E-state index in [1.165, 1.54) is 52.2 Å². The van der Waals surface area contributed by atoms with Gasteiger partial charge in [0.1, 0.15) is 11.4 Å². The fraction of sp³-hybridized carbons (Fsp3) is 0.0909. The van der Waals surface area contributed by atoms with Gasteiger partial charge in [0.05, 0.1) is 17.9 Å². The number of rotatable bonds is 7. The first-order chi connectivity index (χ1) is 15.1. The molecule has 9 heteroatoms. The SMILES string of the molecule is N=CCC(Nc1ccccc1)c1nn(-c2ccc(-n3nccc3O)cc2F)ccc1=O. The van der Waals surface area contributed by atoms with Gasteiger partial charge in [0, 0.05) is 36.5 Å². The van der Waals surface area contributed by atoms with Crippen LogP contribution in [0.2, 0.25) is 0 Å². The average molecular weight is 418 g/mol. The Morgan fingerprint density at radius 2 is 1.97 bits per heavy atom. The molecule has 2 aromatic heterocycles. The van der Waals surface area contributed by atoms with E-state index in [2.05, 4.69) is 15.5 Å². The number of aromatic nitrogens is 4. The maximum absolute atomic E-state index is 14.9. The molecule has 4 aromatic rings. The molecule has 3 N–H and O–H groups in total. The van der Waals surface area contributed by atoms with E-state index < -0.39 is 11.9 Å². The van der Waals surface area contributed by atoms with Crippen molar-refractivity contribution in [3.8, 4) is 17.3 Å². The topological polar surface area (TPSA) is 109 Å². The molecular formula is C22H19FN6O2. The van der Waals surface area contributed by atoms with Crippen molar-refractivity contribution in [2.24, 2.45) is 0 Å². The van der Waals surface area contributed by atoms with Gasteiger partial charge >= 0.3 is 0 Å². The Morgan fingerprint density at radius 3 is 2.65 bits per heavy atom. The number of aromatic hydroxyl groups is 1. The molecule has 1 unspecified atom stereocenters. The van der Waals surface area contributed by atoms with Crippen LogP contribution in [-0.4, -0.2) is 30.9 Å². The standard InChI is InChI=1S/C22H19FN6O2/c23-17-14-16(29-21(31)9-12-25-29)6-7-19(17)28-13-10-20(30)22(27-28)18(8-11-24)26-15-4-2-1-3-5-15/h1-7,9-14,18,24,26,31H,8H2. The van der Waals surface area contributed by atoms with Crippen LogP contribution in [0.15, 0.2) is 77.9 Å². The summed E-state index contributed by atoms with van der Waals surface area (Å²) in [6, 6.07) is 15.7. The maximum Gasteiger partial charge on any atom is 0.214 e. The molecule has 0 bridgehead atoms. The van der Waals surface area contributed by atoms with Gasteiger partial charge in [-0.25, -0.2) is 13.8 Å². The molecule has 31 heavy (non-hydrogen) atoms. The van der Waals surface area contributed by atoms with E-state index >= 15 is 0 Å². The average Bonchev–Trinajstić information content (AvgIpc) is 3.20. The number of para-hydroxylation sites is 1. The van der Waals surface area contributed by atoms with Crippen LogP contribution in [-0.2, 0) is 0 Å². The molecule has 0 saturated heterocycles. The molecule has 2 heterocycles. The molecular weight excluding hydrogens is 399 g/mol. The van der Waals surface area contributed by atoms with Crippen LogP contribution in [0.25, 0.3) is 11.4 Å². The van der Waals surface area contributed by atoms with E-state index in [0.29, 0.717) is 5.69 Å². The number of halogens is 1. The number of nitrogens with zero attached hydrogens (tertiary/aromatic N) is 4. The van der Waals surface area contributed by atoms with Crippen molar-refractivity contribution in [2.45, 2.75) is 12.5 Å². The number of hydrogen-bond acceptors (Lipinski definition) is 6. The summed E-state index contributed by atoms with van der Waals surface area (Å²) in [5, 5.41) is 28.8. The number of anilines is 1. The van der Waals surface area contributed by atoms with Gasteiger partial charge in [0.15, 0.2) is 5.82 Å². The van der Waals surface area contributed by atoms with E-state index in [-0.39, 0.29) is 29.1 Å². The normalized spacial score (nSPS) is 11.8. The van der Waals surface area contributed by atoms with Gasteiger partial charge in [-0.05, 0) is 30.5 Å². The third kappa shape index (κ3) is 4.20. The Hall–Kier alpha value is -4.27. The molecule has 4 rings (SSSR count). The molecule has 0 spiro atoms. The lowest BCUT2D eigenvalue weighted by atomic mass is 10.1. The number of benzene rings is 2. The van der Waals surface area contributed by atoms with E-state index in [0.717, 1.165) is 5.69 Å². The quantitative estimate of drug-likeness (QED) is 0.398. The first-order valence-electron chi connectivity index (χ1n) is 9.50. The zero-order chi connectivity index (χ0) is 21.8. The Labute approximate surface area is 176 Å². The van der Waals surface area contributed by atoms with Crippen molar-refractivity contribution in [1.29, 1.82) is 5.41 Å². The van der Waals surface area contributed by atoms with Crippen LogP contribution in [0.4, 0.5) is 10.1 Å². The minimum atomic E-state index is -0.603. The van der Waals surface area contributed by atoms with Gasteiger partial charge in [-0.2, -0.15) is 10.2 Å². The van der Waals surface area contributed by atoms with Crippen molar-refractivity contribution in [2.75, 3.05) is 5.32 Å². The second kappa shape index (κ2) is 8.62. The first kappa shape index (κ1) is 20.0. The van der Waals surface area contributed by atoms with Crippen LogP contribution >= 0.6 is 0 Å². The Morgan fingerprint density at radius 1 is 1.16 bits per heavy atom. The Bertz CT molecular complexity index is 1270. The molecule has 0 saturated carbocycles. The second-order valence-electron chi connectivity index (χ2n) is 6.75. The number of hydrogen-bond donors (Lipinski definition) is 3. The van der Waals surface area contributed by atoms with E-state index in [1.54, 1.807) is 6.07 Å². The molecule has 1 atom stereocenters. The summed E-state index contributed by atoms with van der Waals surface area (Å²) in [5.74, 6) is -0.716. The second-order valence-corrected chi connectivity index (χ2v) is 6.75.